The molecular formula is C11H7BrCl2N2O3S. The Morgan fingerprint density at radius 1 is 1.25 bits per heavy atom. The van der Waals surface area contributed by atoms with Gasteiger partial charge in [0, 0.05) is 10.7 Å². The first kappa shape index (κ1) is 15.4. The van der Waals surface area contributed by atoms with Gasteiger partial charge in [-0.05, 0) is 40.2 Å². The Morgan fingerprint density at radius 2 is 1.95 bits per heavy atom. The number of benzene rings is 1. The summed E-state index contributed by atoms with van der Waals surface area (Å²) >= 11 is 14.6. The van der Waals surface area contributed by atoms with E-state index in [1.165, 1.54) is 30.5 Å². The van der Waals surface area contributed by atoms with E-state index in [-0.39, 0.29) is 26.5 Å². The minimum Gasteiger partial charge on any atom is -0.506 e. The molecule has 1 aromatic heterocycles. The molecule has 0 saturated carbocycles. The van der Waals surface area contributed by atoms with Gasteiger partial charge in [-0.25, -0.2) is 13.4 Å². The van der Waals surface area contributed by atoms with E-state index < -0.39 is 10.0 Å². The highest BCUT2D eigenvalue weighted by Crippen LogP contribution is 2.29. The summed E-state index contributed by atoms with van der Waals surface area (Å²) < 4.78 is 27.2. The van der Waals surface area contributed by atoms with Gasteiger partial charge < -0.3 is 5.11 Å². The van der Waals surface area contributed by atoms with Crippen molar-refractivity contribution in [1.29, 1.82) is 0 Å². The van der Waals surface area contributed by atoms with E-state index in [9.17, 15) is 13.5 Å². The number of pyridine rings is 1. The van der Waals surface area contributed by atoms with Crippen LogP contribution in [0.4, 0.5) is 5.69 Å². The van der Waals surface area contributed by atoms with Crippen molar-refractivity contribution in [3.8, 4) is 5.75 Å². The number of aromatic nitrogens is 1. The molecule has 0 fully saturated rings. The average Bonchev–Trinajstić information content (AvgIpc) is 2.36. The lowest BCUT2D eigenvalue weighted by Gasteiger charge is -2.10. The van der Waals surface area contributed by atoms with Crippen molar-refractivity contribution in [1.82, 2.24) is 4.98 Å². The number of nitrogens with zero attached hydrogens (tertiary/aromatic N) is 1. The SMILES string of the molecule is O=S(=O)(Nc1ccc(O)c(Cl)c1)c1cc(Br)cnc1Cl. The molecule has 0 saturated heterocycles. The fourth-order valence-corrected chi connectivity index (χ4v) is 3.55. The molecule has 0 radical (unpaired) electrons. The van der Waals surface area contributed by atoms with Crippen LogP contribution in [-0.2, 0) is 10.0 Å². The highest BCUT2D eigenvalue weighted by atomic mass is 79.9. The van der Waals surface area contributed by atoms with Crippen molar-refractivity contribution in [2.45, 2.75) is 4.90 Å². The average molecular weight is 398 g/mol. The monoisotopic (exact) mass is 396 g/mol. The molecule has 0 amide bonds. The summed E-state index contributed by atoms with van der Waals surface area (Å²) in [6.45, 7) is 0. The fourth-order valence-electron chi connectivity index (χ4n) is 1.37. The Bertz CT molecular complexity index is 768. The molecule has 5 nitrogen and oxygen atoms in total. The number of phenolic OH excluding ortho intramolecular Hbond substituents is 1. The van der Waals surface area contributed by atoms with E-state index in [1.54, 1.807) is 0 Å². The number of anilines is 1. The van der Waals surface area contributed by atoms with Crippen LogP contribution in [0.2, 0.25) is 10.2 Å². The van der Waals surface area contributed by atoms with E-state index >= 15 is 0 Å². The van der Waals surface area contributed by atoms with Crippen molar-refractivity contribution in [2.75, 3.05) is 4.72 Å². The summed E-state index contributed by atoms with van der Waals surface area (Å²) in [6.07, 6.45) is 1.39. The van der Waals surface area contributed by atoms with Crippen molar-refractivity contribution in [3.05, 3.63) is 45.1 Å². The van der Waals surface area contributed by atoms with Crippen LogP contribution >= 0.6 is 39.1 Å². The van der Waals surface area contributed by atoms with Crippen LogP contribution in [0.3, 0.4) is 0 Å². The molecule has 0 bridgehead atoms. The zero-order chi connectivity index (χ0) is 14.9. The van der Waals surface area contributed by atoms with Gasteiger partial charge in [-0.2, -0.15) is 0 Å². The molecule has 0 atom stereocenters. The molecule has 0 aliphatic carbocycles. The number of rotatable bonds is 3. The molecule has 2 N–H and O–H groups in total. The normalized spacial score (nSPS) is 11.3. The molecule has 0 spiro atoms. The molecule has 0 aliphatic heterocycles. The maximum Gasteiger partial charge on any atom is 0.265 e. The highest BCUT2D eigenvalue weighted by molar-refractivity contribution is 9.10. The molecule has 2 rings (SSSR count). The molecule has 1 aromatic carbocycles. The van der Waals surface area contributed by atoms with Gasteiger partial charge in [-0.3, -0.25) is 4.72 Å². The molecule has 0 aliphatic rings. The third-order valence-electron chi connectivity index (χ3n) is 2.26. The van der Waals surface area contributed by atoms with Gasteiger partial charge in [0.2, 0.25) is 0 Å². The van der Waals surface area contributed by atoms with Crippen LogP contribution < -0.4 is 4.72 Å². The second-order valence-electron chi connectivity index (χ2n) is 3.71. The lowest BCUT2D eigenvalue weighted by molar-refractivity contribution is 0.475. The maximum atomic E-state index is 12.2. The number of halogens is 3. The molecule has 0 unspecified atom stereocenters. The standard InChI is InChI=1S/C11H7BrCl2N2O3S/c12-6-3-10(11(14)15-5-6)20(18,19)16-7-1-2-9(17)8(13)4-7/h1-5,16-17H. The second kappa shape index (κ2) is 5.77. The van der Waals surface area contributed by atoms with Crippen molar-refractivity contribution in [2.24, 2.45) is 0 Å². The zero-order valence-corrected chi connectivity index (χ0v) is 13.6. The topological polar surface area (TPSA) is 79.3 Å². The van der Waals surface area contributed by atoms with Gasteiger partial charge >= 0.3 is 0 Å². The molecule has 1 heterocycles. The first-order chi connectivity index (χ1) is 9.29. The van der Waals surface area contributed by atoms with Crippen LogP contribution in [-0.4, -0.2) is 18.5 Å². The number of sulfonamides is 1. The Hall–Kier alpha value is -1.02. The van der Waals surface area contributed by atoms with Crippen molar-refractivity contribution < 1.29 is 13.5 Å². The van der Waals surface area contributed by atoms with Crippen LogP contribution in [0.5, 0.6) is 5.75 Å². The van der Waals surface area contributed by atoms with E-state index in [0.29, 0.717) is 4.47 Å². The third kappa shape index (κ3) is 3.35. The molecule has 2 aromatic rings. The second-order valence-corrected chi connectivity index (χ2v) is 7.05. The number of phenols is 1. The first-order valence-electron chi connectivity index (χ1n) is 5.12. The predicted molar refractivity (Wildman–Crippen MR) is 80.9 cm³/mol. The molecule has 20 heavy (non-hydrogen) atoms. The van der Waals surface area contributed by atoms with Gasteiger partial charge in [0.1, 0.15) is 15.8 Å². The number of hydrogen-bond acceptors (Lipinski definition) is 4. The number of nitrogens with one attached hydrogen (secondary N) is 1. The smallest absolute Gasteiger partial charge is 0.265 e. The summed E-state index contributed by atoms with van der Waals surface area (Å²) in [6, 6.07) is 5.27. The van der Waals surface area contributed by atoms with E-state index in [2.05, 4.69) is 25.6 Å². The van der Waals surface area contributed by atoms with E-state index in [4.69, 9.17) is 23.2 Å². The van der Waals surface area contributed by atoms with Gasteiger partial charge in [-0.15, -0.1) is 0 Å². The molecule has 106 valence electrons. The van der Waals surface area contributed by atoms with Gasteiger partial charge in [0.25, 0.3) is 10.0 Å². The van der Waals surface area contributed by atoms with E-state index in [0.717, 1.165) is 0 Å². The van der Waals surface area contributed by atoms with Crippen LogP contribution in [0, 0.1) is 0 Å². The number of hydrogen-bond donors (Lipinski definition) is 2. The summed E-state index contributed by atoms with van der Waals surface area (Å²) in [5.41, 5.74) is 0.198. The Morgan fingerprint density at radius 3 is 2.60 bits per heavy atom. The lowest BCUT2D eigenvalue weighted by atomic mass is 10.3. The summed E-state index contributed by atoms with van der Waals surface area (Å²) in [4.78, 5) is 3.58. The fraction of sp³-hybridized carbons (Fsp3) is 0. The minimum absolute atomic E-state index is 0.0312. The van der Waals surface area contributed by atoms with Gasteiger partial charge in [-0.1, -0.05) is 23.2 Å². The lowest BCUT2D eigenvalue weighted by Crippen LogP contribution is -2.14. The first-order valence-corrected chi connectivity index (χ1v) is 8.15. The summed E-state index contributed by atoms with van der Waals surface area (Å²) in [7, 11) is -3.91. The van der Waals surface area contributed by atoms with Gasteiger partial charge in [0.05, 0.1) is 10.7 Å². The largest absolute Gasteiger partial charge is 0.506 e. The van der Waals surface area contributed by atoms with Crippen LogP contribution in [0.25, 0.3) is 0 Å². The summed E-state index contributed by atoms with van der Waals surface area (Å²) in [5.74, 6) is -0.142. The Balaban J connectivity index is 2.40. The van der Waals surface area contributed by atoms with Gasteiger partial charge in [0.15, 0.2) is 0 Å². The zero-order valence-electron chi connectivity index (χ0n) is 9.64. The van der Waals surface area contributed by atoms with Crippen LogP contribution in [0.1, 0.15) is 0 Å². The summed E-state index contributed by atoms with van der Waals surface area (Å²) in [5, 5.41) is 9.18. The van der Waals surface area contributed by atoms with E-state index in [1.807, 2.05) is 0 Å². The minimum atomic E-state index is -3.91. The maximum absolute atomic E-state index is 12.2. The molecular weight excluding hydrogens is 391 g/mol. The third-order valence-corrected chi connectivity index (χ3v) is 4.81. The number of aromatic hydroxyl groups is 1. The van der Waals surface area contributed by atoms with Crippen molar-refractivity contribution >= 4 is 54.8 Å². The van der Waals surface area contributed by atoms with Crippen LogP contribution in [0.15, 0.2) is 39.8 Å². The van der Waals surface area contributed by atoms with Crippen molar-refractivity contribution in [3.63, 3.8) is 0 Å². The quantitative estimate of drug-likeness (QED) is 0.611. The molecule has 9 heteroatoms. The Labute approximate surface area is 133 Å². The Kier molecular flexibility index (Phi) is 4.43. The predicted octanol–water partition coefficient (Wildman–Crippen LogP) is 3.66. The highest BCUT2D eigenvalue weighted by Gasteiger charge is 2.20.